The molecule has 1 aromatic rings. The molecule has 3 heteroatoms. The van der Waals surface area contributed by atoms with Crippen molar-refractivity contribution in [2.75, 3.05) is 0 Å². The molecule has 0 saturated heterocycles. The van der Waals surface area contributed by atoms with Gasteiger partial charge in [-0.15, -0.1) is 11.3 Å². The number of hydrogen-bond donors (Lipinski definition) is 0. The summed E-state index contributed by atoms with van der Waals surface area (Å²) in [5, 5.41) is 0. The Morgan fingerprint density at radius 1 is 1.44 bits per heavy atom. The predicted molar refractivity (Wildman–Crippen MR) is 65.7 cm³/mol. The first-order chi connectivity index (χ1) is 7.37. The zero-order valence-electron chi connectivity index (χ0n) is 10.2. The number of rotatable bonds is 2. The number of ether oxygens (including phenoxy) is 1. The molecule has 88 valence electrons. The van der Waals surface area contributed by atoms with E-state index in [9.17, 15) is 4.79 Å². The van der Waals surface area contributed by atoms with Crippen LogP contribution >= 0.6 is 11.3 Å². The van der Waals surface area contributed by atoms with Gasteiger partial charge in [-0.2, -0.15) is 0 Å². The molecular weight excluding hydrogens is 220 g/mol. The fourth-order valence-corrected chi connectivity index (χ4v) is 2.86. The van der Waals surface area contributed by atoms with Crippen molar-refractivity contribution in [1.82, 2.24) is 0 Å². The Hall–Kier alpha value is -0.830. The summed E-state index contributed by atoms with van der Waals surface area (Å²) in [5.74, 6) is 0.467. The van der Waals surface area contributed by atoms with Crippen LogP contribution in [0, 0.1) is 12.8 Å². The monoisotopic (exact) mass is 238 g/mol. The highest BCUT2D eigenvalue weighted by molar-refractivity contribution is 7.12. The minimum absolute atomic E-state index is 0.0384. The van der Waals surface area contributed by atoms with Crippen molar-refractivity contribution in [3.8, 4) is 0 Å². The number of carbonyl (C=O) groups excluding carboxylic acids is 1. The molecule has 2 atom stereocenters. The van der Waals surface area contributed by atoms with Crippen molar-refractivity contribution in [1.29, 1.82) is 0 Å². The highest BCUT2D eigenvalue weighted by Gasteiger charge is 2.46. The van der Waals surface area contributed by atoms with Crippen molar-refractivity contribution >= 4 is 17.3 Å². The summed E-state index contributed by atoms with van der Waals surface area (Å²) in [5.41, 5.74) is -0.365. The number of carbonyl (C=O) groups is 1. The summed E-state index contributed by atoms with van der Waals surface area (Å²) in [6, 6.07) is 4.25. The fraction of sp³-hybridized carbons (Fsp3) is 0.615. The molecule has 1 aromatic heterocycles. The van der Waals surface area contributed by atoms with Gasteiger partial charge < -0.3 is 4.74 Å². The first-order valence-corrected chi connectivity index (χ1v) is 6.47. The maximum Gasteiger partial charge on any atom is 0.310 e. The summed E-state index contributed by atoms with van der Waals surface area (Å²) in [4.78, 5) is 14.4. The molecule has 0 radical (unpaired) electrons. The molecule has 0 aromatic carbocycles. The summed E-state index contributed by atoms with van der Waals surface area (Å²) in [6.07, 6.45) is 0.953. The first-order valence-electron chi connectivity index (χ1n) is 5.66. The second-order valence-corrected chi connectivity index (χ2v) is 6.75. The third-order valence-electron chi connectivity index (χ3n) is 2.63. The van der Waals surface area contributed by atoms with Crippen molar-refractivity contribution in [2.45, 2.75) is 45.6 Å². The predicted octanol–water partition coefficient (Wildman–Crippen LogP) is 3.50. The molecule has 16 heavy (non-hydrogen) atoms. The number of hydrogen-bond acceptors (Lipinski definition) is 3. The molecule has 2 nitrogen and oxygen atoms in total. The molecule has 1 heterocycles. The van der Waals surface area contributed by atoms with Crippen molar-refractivity contribution in [2.24, 2.45) is 5.92 Å². The zero-order valence-corrected chi connectivity index (χ0v) is 11.1. The van der Waals surface area contributed by atoms with Crippen LogP contribution in [0.3, 0.4) is 0 Å². The second-order valence-electron chi connectivity index (χ2n) is 5.43. The maximum absolute atomic E-state index is 11.8. The lowest BCUT2D eigenvalue weighted by atomic mass is 10.2. The number of thiophene rings is 1. The Bertz CT molecular complexity index is 400. The summed E-state index contributed by atoms with van der Waals surface area (Å²) >= 11 is 1.79. The van der Waals surface area contributed by atoms with Crippen LogP contribution in [0.25, 0.3) is 0 Å². The van der Waals surface area contributed by atoms with E-state index in [1.54, 1.807) is 11.3 Å². The molecule has 1 aliphatic rings. The van der Waals surface area contributed by atoms with Crippen LogP contribution in [0.4, 0.5) is 0 Å². The highest BCUT2D eigenvalue weighted by Crippen LogP contribution is 2.50. The fourth-order valence-electron chi connectivity index (χ4n) is 1.80. The smallest absolute Gasteiger partial charge is 0.310 e. The number of esters is 1. The molecule has 1 aliphatic carbocycles. The van der Waals surface area contributed by atoms with Gasteiger partial charge in [0.25, 0.3) is 0 Å². The molecule has 0 spiro atoms. The summed E-state index contributed by atoms with van der Waals surface area (Å²) in [7, 11) is 0. The quantitative estimate of drug-likeness (QED) is 0.737. The van der Waals surface area contributed by atoms with E-state index in [-0.39, 0.29) is 17.5 Å². The molecule has 0 amide bonds. The molecule has 0 bridgehead atoms. The van der Waals surface area contributed by atoms with Crippen LogP contribution in [0.1, 0.15) is 42.9 Å². The van der Waals surface area contributed by atoms with Crippen LogP contribution in [-0.4, -0.2) is 11.6 Å². The van der Waals surface area contributed by atoms with Crippen molar-refractivity contribution < 1.29 is 9.53 Å². The Morgan fingerprint density at radius 3 is 2.62 bits per heavy atom. The van der Waals surface area contributed by atoms with Crippen LogP contribution in [0.5, 0.6) is 0 Å². The van der Waals surface area contributed by atoms with Gasteiger partial charge in [0.1, 0.15) is 5.60 Å². The van der Waals surface area contributed by atoms with E-state index in [1.165, 1.54) is 9.75 Å². The van der Waals surface area contributed by atoms with E-state index in [0.717, 1.165) is 6.42 Å². The van der Waals surface area contributed by atoms with Crippen LogP contribution < -0.4 is 0 Å². The minimum atomic E-state index is -0.365. The zero-order chi connectivity index (χ0) is 11.9. The topological polar surface area (TPSA) is 26.3 Å². The van der Waals surface area contributed by atoms with Crippen molar-refractivity contribution in [3.05, 3.63) is 21.9 Å². The minimum Gasteiger partial charge on any atom is -0.460 e. The van der Waals surface area contributed by atoms with Crippen LogP contribution in [-0.2, 0) is 9.53 Å². The van der Waals surface area contributed by atoms with E-state index in [4.69, 9.17) is 4.74 Å². The first kappa shape index (κ1) is 11.6. The Labute approximate surface area is 101 Å². The lowest BCUT2D eigenvalue weighted by Gasteiger charge is -2.19. The van der Waals surface area contributed by atoms with Gasteiger partial charge in [-0.3, -0.25) is 4.79 Å². The maximum atomic E-state index is 11.8. The van der Waals surface area contributed by atoms with E-state index >= 15 is 0 Å². The SMILES string of the molecule is Cc1ccc(C2CC2C(=O)OC(C)(C)C)s1. The summed E-state index contributed by atoms with van der Waals surface area (Å²) < 4.78 is 5.39. The number of aryl methyl sites for hydroxylation is 1. The van der Waals surface area contributed by atoms with Gasteiger partial charge in [-0.05, 0) is 46.2 Å². The van der Waals surface area contributed by atoms with E-state index in [1.807, 2.05) is 20.8 Å². The molecule has 0 aliphatic heterocycles. The van der Waals surface area contributed by atoms with Gasteiger partial charge in [0.05, 0.1) is 5.92 Å². The van der Waals surface area contributed by atoms with Gasteiger partial charge >= 0.3 is 5.97 Å². The van der Waals surface area contributed by atoms with Gasteiger partial charge in [0.15, 0.2) is 0 Å². The van der Waals surface area contributed by atoms with Gasteiger partial charge in [-0.1, -0.05) is 0 Å². The lowest BCUT2D eigenvalue weighted by molar-refractivity contribution is -0.156. The second kappa shape index (κ2) is 3.88. The Morgan fingerprint density at radius 2 is 2.12 bits per heavy atom. The molecule has 1 fully saturated rings. The molecule has 1 saturated carbocycles. The van der Waals surface area contributed by atoms with Crippen LogP contribution in [0.15, 0.2) is 12.1 Å². The van der Waals surface area contributed by atoms with Gasteiger partial charge in [0.2, 0.25) is 0 Å². The average molecular weight is 238 g/mol. The average Bonchev–Trinajstić information content (AvgIpc) is 2.81. The van der Waals surface area contributed by atoms with E-state index < -0.39 is 0 Å². The van der Waals surface area contributed by atoms with Gasteiger partial charge in [-0.25, -0.2) is 0 Å². The highest BCUT2D eigenvalue weighted by atomic mass is 32.1. The van der Waals surface area contributed by atoms with E-state index in [2.05, 4.69) is 19.1 Å². The summed E-state index contributed by atoms with van der Waals surface area (Å²) in [6.45, 7) is 7.84. The molecule has 0 N–H and O–H groups in total. The Kier molecular flexibility index (Phi) is 2.82. The largest absolute Gasteiger partial charge is 0.460 e. The third-order valence-corrected chi connectivity index (χ3v) is 3.76. The molecule has 2 unspecified atom stereocenters. The molecule has 2 rings (SSSR count). The standard InChI is InChI=1S/C13H18O2S/c1-8-5-6-11(16-8)9-7-10(9)12(14)15-13(2,3)4/h5-6,9-10H,7H2,1-4H3. The normalized spacial score (nSPS) is 24.2. The third kappa shape index (κ3) is 2.64. The van der Waals surface area contributed by atoms with Gasteiger partial charge in [0, 0.05) is 15.7 Å². The molecular formula is C13H18O2S. The lowest BCUT2D eigenvalue weighted by Crippen LogP contribution is -2.25. The Balaban J connectivity index is 1.94. The van der Waals surface area contributed by atoms with Crippen molar-refractivity contribution in [3.63, 3.8) is 0 Å². The van der Waals surface area contributed by atoms with Crippen LogP contribution in [0.2, 0.25) is 0 Å². The van der Waals surface area contributed by atoms with E-state index in [0.29, 0.717) is 5.92 Å².